The summed E-state index contributed by atoms with van der Waals surface area (Å²) in [5.41, 5.74) is -0.0153. The molecule has 0 aromatic heterocycles. The Labute approximate surface area is 174 Å². The lowest BCUT2D eigenvalue weighted by Crippen LogP contribution is -2.46. The van der Waals surface area contributed by atoms with Crippen molar-refractivity contribution in [1.29, 1.82) is 0 Å². The number of carbonyl (C=O) groups excluding carboxylic acids is 3. The second kappa shape index (κ2) is 8.85. The summed E-state index contributed by atoms with van der Waals surface area (Å²) >= 11 is 0. The van der Waals surface area contributed by atoms with Crippen molar-refractivity contribution < 1.29 is 23.9 Å². The van der Waals surface area contributed by atoms with Crippen LogP contribution in [0.15, 0.2) is 23.8 Å². The molecule has 5 heteroatoms. The van der Waals surface area contributed by atoms with Crippen LogP contribution < -0.4 is 0 Å². The molecule has 0 aliphatic heterocycles. The molecule has 162 valence electrons. The van der Waals surface area contributed by atoms with E-state index in [-0.39, 0.29) is 40.9 Å². The Morgan fingerprint density at radius 3 is 2.45 bits per heavy atom. The first-order valence-corrected chi connectivity index (χ1v) is 10.6. The molecule has 0 saturated heterocycles. The van der Waals surface area contributed by atoms with E-state index in [1.54, 1.807) is 0 Å². The fourth-order valence-corrected chi connectivity index (χ4v) is 5.23. The highest BCUT2D eigenvalue weighted by Gasteiger charge is 2.54. The van der Waals surface area contributed by atoms with E-state index in [0.29, 0.717) is 12.8 Å². The predicted octanol–water partition coefficient (Wildman–Crippen LogP) is 4.79. The Bertz CT molecular complexity index is 717. The van der Waals surface area contributed by atoms with E-state index in [4.69, 9.17) is 9.47 Å². The summed E-state index contributed by atoms with van der Waals surface area (Å²) in [7, 11) is 0. The Kier molecular flexibility index (Phi) is 7.13. The first kappa shape index (κ1) is 23.4. The average Bonchev–Trinajstić information content (AvgIpc) is 2.88. The van der Waals surface area contributed by atoms with Crippen molar-refractivity contribution in [2.75, 3.05) is 0 Å². The summed E-state index contributed by atoms with van der Waals surface area (Å²) in [6.07, 6.45) is 8.40. The van der Waals surface area contributed by atoms with Gasteiger partial charge in [-0.3, -0.25) is 14.4 Å². The molecule has 0 amide bonds. The zero-order valence-electron chi connectivity index (χ0n) is 18.9. The lowest BCUT2D eigenvalue weighted by molar-refractivity contribution is -0.166. The van der Waals surface area contributed by atoms with Gasteiger partial charge in [-0.25, -0.2) is 0 Å². The molecular weight excluding hydrogens is 368 g/mol. The maximum Gasteiger partial charge on any atom is 0.303 e. The summed E-state index contributed by atoms with van der Waals surface area (Å²) in [4.78, 5) is 36.1. The van der Waals surface area contributed by atoms with Crippen molar-refractivity contribution in [2.45, 2.75) is 85.9 Å². The third kappa shape index (κ3) is 5.80. The SMILES string of the molecule is CC(=O)O[C@H]1/C=C(\C)CC(=O)C[C@@H](C)/C=C/[C@@]2(C)CC[C@@H](C(C)(C)OC(C)=O)[C@H]12. The molecule has 5 atom stereocenters. The zero-order valence-corrected chi connectivity index (χ0v) is 18.9. The van der Waals surface area contributed by atoms with Crippen molar-refractivity contribution in [2.24, 2.45) is 23.2 Å². The number of hydrogen-bond acceptors (Lipinski definition) is 5. The van der Waals surface area contributed by atoms with E-state index in [2.05, 4.69) is 26.0 Å². The largest absolute Gasteiger partial charge is 0.460 e. The minimum absolute atomic E-state index is 0.0150. The van der Waals surface area contributed by atoms with Crippen LogP contribution in [0.25, 0.3) is 0 Å². The van der Waals surface area contributed by atoms with Crippen molar-refractivity contribution in [3.8, 4) is 0 Å². The second-order valence-corrected chi connectivity index (χ2v) is 9.72. The summed E-state index contributed by atoms with van der Waals surface area (Å²) in [5, 5.41) is 0. The molecule has 0 bridgehead atoms. The van der Waals surface area contributed by atoms with Gasteiger partial charge in [0.15, 0.2) is 0 Å². The first-order chi connectivity index (χ1) is 13.3. The first-order valence-electron chi connectivity index (χ1n) is 10.6. The van der Waals surface area contributed by atoms with Crippen LogP contribution in [0, 0.1) is 23.2 Å². The number of rotatable bonds is 3. The van der Waals surface area contributed by atoms with Crippen molar-refractivity contribution >= 4 is 17.7 Å². The molecule has 1 saturated carbocycles. The molecule has 1 fully saturated rings. The quantitative estimate of drug-likeness (QED) is 0.499. The average molecular weight is 405 g/mol. The summed E-state index contributed by atoms with van der Waals surface area (Å²) in [5.74, 6) is -0.375. The van der Waals surface area contributed by atoms with Crippen LogP contribution in [0.5, 0.6) is 0 Å². The Morgan fingerprint density at radius 1 is 1.21 bits per heavy atom. The van der Waals surface area contributed by atoms with Crippen LogP contribution in [0.2, 0.25) is 0 Å². The minimum Gasteiger partial charge on any atom is -0.460 e. The molecule has 2 aliphatic carbocycles. The second-order valence-electron chi connectivity index (χ2n) is 9.72. The normalized spacial score (nSPS) is 36.2. The van der Waals surface area contributed by atoms with Crippen LogP contribution >= 0.6 is 0 Å². The van der Waals surface area contributed by atoms with Gasteiger partial charge in [-0.1, -0.05) is 31.6 Å². The fourth-order valence-electron chi connectivity index (χ4n) is 5.23. The highest BCUT2D eigenvalue weighted by atomic mass is 16.6. The predicted molar refractivity (Wildman–Crippen MR) is 112 cm³/mol. The molecule has 29 heavy (non-hydrogen) atoms. The smallest absolute Gasteiger partial charge is 0.303 e. The molecule has 5 nitrogen and oxygen atoms in total. The zero-order chi connectivity index (χ0) is 22.0. The van der Waals surface area contributed by atoms with Crippen LogP contribution in [0.1, 0.15) is 74.1 Å². The van der Waals surface area contributed by atoms with E-state index in [0.717, 1.165) is 18.4 Å². The number of hydrogen-bond donors (Lipinski definition) is 0. The molecule has 0 heterocycles. The third-order valence-corrected chi connectivity index (χ3v) is 6.42. The van der Waals surface area contributed by atoms with Gasteiger partial charge in [-0.05, 0) is 51.0 Å². The number of ketones is 1. The van der Waals surface area contributed by atoms with Gasteiger partial charge in [-0.15, -0.1) is 0 Å². The van der Waals surface area contributed by atoms with Crippen LogP contribution in [0.3, 0.4) is 0 Å². The van der Waals surface area contributed by atoms with Gasteiger partial charge in [0.2, 0.25) is 0 Å². The maximum atomic E-state index is 12.4. The van der Waals surface area contributed by atoms with Gasteiger partial charge < -0.3 is 9.47 Å². The van der Waals surface area contributed by atoms with Gasteiger partial charge in [0.1, 0.15) is 17.5 Å². The number of fused-ring (bicyclic) bond motifs is 1. The molecule has 2 rings (SSSR count). The van der Waals surface area contributed by atoms with Gasteiger partial charge >= 0.3 is 11.9 Å². The van der Waals surface area contributed by atoms with E-state index < -0.39 is 11.7 Å². The lowest BCUT2D eigenvalue weighted by Gasteiger charge is -2.42. The monoisotopic (exact) mass is 404 g/mol. The molecule has 0 spiro atoms. The number of esters is 2. The number of carbonyl (C=O) groups is 3. The highest BCUT2D eigenvalue weighted by molar-refractivity contribution is 5.81. The number of Topliss-reactive ketones (excluding diaryl/α,β-unsaturated/α-hetero) is 1. The molecule has 2 aliphatic rings. The van der Waals surface area contributed by atoms with Gasteiger partial charge in [-0.2, -0.15) is 0 Å². The molecule has 0 N–H and O–H groups in total. The molecule has 0 radical (unpaired) electrons. The lowest BCUT2D eigenvalue weighted by atomic mass is 9.69. The van der Waals surface area contributed by atoms with Crippen molar-refractivity contribution in [1.82, 2.24) is 0 Å². The van der Waals surface area contributed by atoms with E-state index >= 15 is 0 Å². The van der Waals surface area contributed by atoms with Crippen LogP contribution in [-0.2, 0) is 23.9 Å². The van der Waals surface area contributed by atoms with Crippen LogP contribution in [0.4, 0.5) is 0 Å². The van der Waals surface area contributed by atoms with Crippen molar-refractivity contribution in [3.05, 3.63) is 23.8 Å². The molecule has 0 aromatic carbocycles. The van der Waals surface area contributed by atoms with E-state index in [9.17, 15) is 14.4 Å². The van der Waals surface area contributed by atoms with E-state index in [1.165, 1.54) is 13.8 Å². The Hall–Kier alpha value is -1.91. The Balaban J connectivity index is 2.59. The Morgan fingerprint density at radius 2 is 1.86 bits per heavy atom. The third-order valence-electron chi connectivity index (χ3n) is 6.42. The number of ether oxygens (including phenoxy) is 2. The molecule has 0 aromatic rings. The van der Waals surface area contributed by atoms with Gasteiger partial charge in [0.05, 0.1) is 0 Å². The molecule has 0 unspecified atom stereocenters. The van der Waals surface area contributed by atoms with Crippen LogP contribution in [-0.4, -0.2) is 29.4 Å². The van der Waals surface area contributed by atoms with Crippen molar-refractivity contribution in [3.63, 3.8) is 0 Å². The van der Waals surface area contributed by atoms with Gasteiger partial charge in [0.25, 0.3) is 0 Å². The van der Waals surface area contributed by atoms with E-state index in [1.807, 2.05) is 26.8 Å². The number of allylic oxidation sites excluding steroid dienone is 3. The van der Waals surface area contributed by atoms with Gasteiger partial charge in [0, 0.05) is 38.5 Å². The topological polar surface area (TPSA) is 69.7 Å². The fraction of sp³-hybridized carbons (Fsp3) is 0.708. The summed E-state index contributed by atoms with van der Waals surface area (Å²) < 4.78 is 11.5. The summed E-state index contributed by atoms with van der Waals surface area (Å²) in [6, 6.07) is 0. The highest BCUT2D eigenvalue weighted by Crippen LogP contribution is 2.55. The maximum absolute atomic E-state index is 12.4. The minimum atomic E-state index is -0.691. The standard InChI is InChI=1S/C24H36O5/c1-15-8-10-24(7)11-9-20(23(5,6)29-18(4)26)22(24)21(28-17(3)25)14-16(2)13-19(27)12-15/h8,10,14-15,20-22H,9,11-13H2,1-7H3/b10-8+,16-14+/t15-,20+,21-,22+,24-/m0/s1. The summed E-state index contributed by atoms with van der Waals surface area (Å²) in [6.45, 7) is 12.9. The molecular formula is C24H36O5.